The Hall–Kier alpha value is -3.28. The highest BCUT2D eigenvalue weighted by molar-refractivity contribution is 7.89. The minimum absolute atomic E-state index is 0.0707. The Morgan fingerprint density at radius 1 is 1.16 bits per heavy atom. The van der Waals surface area contributed by atoms with Gasteiger partial charge in [-0.1, -0.05) is 18.2 Å². The number of nitrogens with one attached hydrogen (secondary N) is 1. The van der Waals surface area contributed by atoms with Crippen LogP contribution in [-0.4, -0.2) is 49.7 Å². The smallest absolute Gasteiger partial charge is 0.295 e. The van der Waals surface area contributed by atoms with Crippen LogP contribution >= 0.6 is 0 Å². The summed E-state index contributed by atoms with van der Waals surface area (Å²) in [5.74, 6) is 0.517. The van der Waals surface area contributed by atoms with Crippen molar-refractivity contribution in [3.63, 3.8) is 0 Å². The molecule has 0 amide bonds. The number of benzene rings is 2. The number of para-hydroxylation sites is 1. The van der Waals surface area contributed by atoms with Gasteiger partial charge in [-0.15, -0.1) is 0 Å². The van der Waals surface area contributed by atoms with E-state index in [1.165, 1.54) is 16.4 Å². The molecule has 10 nitrogen and oxygen atoms in total. The molecular weight excluding hydrogens is 424 g/mol. The summed E-state index contributed by atoms with van der Waals surface area (Å²) in [4.78, 5) is 10.8. The fourth-order valence-electron chi connectivity index (χ4n) is 3.21. The molecule has 1 aliphatic heterocycles. The first kappa shape index (κ1) is 21.0. The molecule has 31 heavy (non-hydrogen) atoms. The molecule has 0 saturated carbocycles. The van der Waals surface area contributed by atoms with Gasteiger partial charge in [-0.2, -0.15) is 9.41 Å². The fraction of sp³-hybridized carbons (Fsp3) is 0.250. The molecule has 1 fully saturated rings. The summed E-state index contributed by atoms with van der Waals surface area (Å²) in [5.41, 5.74) is 3.52. The number of sulfonamides is 1. The Kier molecular flexibility index (Phi) is 5.72. The molecule has 1 N–H and O–H groups in total. The van der Waals surface area contributed by atoms with Crippen molar-refractivity contribution < 1.29 is 22.5 Å². The third-order valence-electron chi connectivity index (χ3n) is 4.90. The summed E-state index contributed by atoms with van der Waals surface area (Å²) < 4.78 is 37.8. The van der Waals surface area contributed by atoms with Gasteiger partial charge in [-0.25, -0.2) is 8.42 Å². The van der Waals surface area contributed by atoms with E-state index in [0.29, 0.717) is 17.1 Å². The Morgan fingerprint density at radius 2 is 1.90 bits per heavy atom. The molecule has 11 heteroatoms. The first-order valence-electron chi connectivity index (χ1n) is 9.52. The van der Waals surface area contributed by atoms with E-state index < -0.39 is 20.6 Å². The summed E-state index contributed by atoms with van der Waals surface area (Å²) in [6.45, 7) is 2.69. The quantitative estimate of drug-likeness (QED) is 0.351. The van der Waals surface area contributed by atoms with Crippen molar-refractivity contribution in [2.75, 3.05) is 31.7 Å². The van der Waals surface area contributed by atoms with Gasteiger partial charge in [0.2, 0.25) is 10.0 Å². The first-order valence-corrected chi connectivity index (χ1v) is 11.0. The van der Waals surface area contributed by atoms with Gasteiger partial charge in [-0.3, -0.25) is 15.5 Å². The highest BCUT2D eigenvalue weighted by Crippen LogP contribution is 2.29. The monoisotopic (exact) mass is 444 g/mol. The standard InChI is InChI=1S/C20H20N4O6S/c1-14(20-12-15-4-2-3-5-19(15)30-20)21-22-17-7-6-16(13-18(17)24(25)26)31(27,28)23-8-10-29-11-9-23/h2-7,12-13,22H,8-11H2,1H3. The second-order valence-electron chi connectivity index (χ2n) is 6.91. The van der Waals surface area contributed by atoms with Crippen molar-refractivity contribution in [1.29, 1.82) is 0 Å². The van der Waals surface area contributed by atoms with Crippen molar-refractivity contribution in [3.05, 3.63) is 64.4 Å². The van der Waals surface area contributed by atoms with Crippen molar-refractivity contribution >= 4 is 38.1 Å². The number of nitro groups is 1. The van der Waals surface area contributed by atoms with Crippen LogP contribution in [0.4, 0.5) is 11.4 Å². The zero-order valence-electron chi connectivity index (χ0n) is 16.6. The Labute approximate surface area is 178 Å². The summed E-state index contributed by atoms with van der Waals surface area (Å²) >= 11 is 0. The molecule has 0 aliphatic carbocycles. The van der Waals surface area contributed by atoms with Crippen molar-refractivity contribution in [3.8, 4) is 0 Å². The molecule has 0 spiro atoms. The largest absolute Gasteiger partial charge is 0.455 e. The predicted octanol–water partition coefficient (Wildman–Crippen LogP) is 3.20. The topological polar surface area (TPSA) is 127 Å². The van der Waals surface area contributed by atoms with Crippen LogP contribution in [-0.2, 0) is 14.8 Å². The van der Waals surface area contributed by atoms with Crippen LogP contribution in [0.2, 0.25) is 0 Å². The van der Waals surface area contributed by atoms with Crippen molar-refractivity contribution in [2.24, 2.45) is 5.10 Å². The van der Waals surface area contributed by atoms with Crippen LogP contribution < -0.4 is 5.43 Å². The average molecular weight is 444 g/mol. The van der Waals surface area contributed by atoms with Gasteiger partial charge in [0.05, 0.1) is 23.0 Å². The Balaban J connectivity index is 1.61. The van der Waals surface area contributed by atoms with E-state index in [2.05, 4.69) is 10.5 Å². The molecular formula is C20H20N4O6S. The normalized spacial score (nSPS) is 15.8. The van der Waals surface area contributed by atoms with E-state index in [4.69, 9.17) is 9.15 Å². The van der Waals surface area contributed by atoms with E-state index in [9.17, 15) is 18.5 Å². The molecule has 0 radical (unpaired) electrons. The molecule has 162 valence electrons. The number of fused-ring (bicyclic) bond motifs is 1. The zero-order chi connectivity index (χ0) is 22.0. The maximum Gasteiger partial charge on any atom is 0.295 e. The van der Waals surface area contributed by atoms with E-state index in [1.807, 2.05) is 30.3 Å². The lowest BCUT2D eigenvalue weighted by Gasteiger charge is -2.26. The van der Waals surface area contributed by atoms with E-state index in [0.717, 1.165) is 11.5 Å². The number of hydrazone groups is 1. The molecule has 0 unspecified atom stereocenters. The van der Waals surface area contributed by atoms with Gasteiger partial charge in [0.15, 0.2) is 5.76 Å². The number of nitro benzene ring substituents is 1. The Morgan fingerprint density at radius 3 is 2.61 bits per heavy atom. The second kappa shape index (κ2) is 8.46. The minimum atomic E-state index is -3.85. The second-order valence-corrected chi connectivity index (χ2v) is 8.85. The van der Waals surface area contributed by atoms with E-state index in [-0.39, 0.29) is 36.9 Å². The number of nitrogens with zero attached hydrogens (tertiary/aromatic N) is 3. The predicted molar refractivity (Wildman–Crippen MR) is 115 cm³/mol. The number of ether oxygens (including phenoxy) is 1. The van der Waals surface area contributed by atoms with E-state index >= 15 is 0 Å². The molecule has 2 heterocycles. The van der Waals surface area contributed by atoms with Crippen molar-refractivity contribution in [2.45, 2.75) is 11.8 Å². The highest BCUT2D eigenvalue weighted by atomic mass is 32.2. The molecule has 1 saturated heterocycles. The summed E-state index contributed by atoms with van der Waals surface area (Å²) in [6.07, 6.45) is 0. The first-order chi connectivity index (χ1) is 14.9. The maximum absolute atomic E-state index is 12.8. The van der Waals surface area contributed by atoms with Crippen LogP contribution in [0.3, 0.4) is 0 Å². The van der Waals surface area contributed by atoms with Crippen molar-refractivity contribution in [1.82, 2.24) is 4.31 Å². The SMILES string of the molecule is CC(=NNc1ccc(S(=O)(=O)N2CCOCC2)cc1[N+](=O)[O-])c1cc2ccccc2o1. The van der Waals surface area contributed by atoms with Crippen LogP contribution in [0.1, 0.15) is 12.7 Å². The van der Waals surface area contributed by atoms with Gasteiger partial charge >= 0.3 is 0 Å². The van der Waals surface area contributed by atoms with Gasteiger partial charge in [0.25, 0.3) is 5.69 Å². The van der Waals surface area contributed by atoms with Gasteiger partial charge in [0.1, 0.15) is 17.0 Å². The zero-order valence-corrected chi connectivity index (χ0v) is 17.5. The van der Waals surface area contributed by atoms with Crippen LogP contribution in [0.25, 0.3) is 11.0 Å². The summed E-state index contributed by atoms with van der Waals surface area (Å²) in [7, 11) is -3.85. The average Bonchev–Trinajstić information content (AvgIpc) is 3.22. The van der Waals surface area contributed by atoms with Crippen LogP contribution in [0.15, 0.2) is 62.9 Å². The molecule has 0 atom stereocenters. The van der Waals surface area contributed by atoms with Crippen LogP contribution in [0, 0.1) is 10.1 Å². The number of hydrogen-bond acceptors (Lipinski definition) is 8. The van der Waals surface area contributed by atoms with Crippen LogP contribution in [0.5, 0.6) is 0 Å². The molecule has 4 rings (SSSR count). The number of morpholine rings is 1. The van der Waals surface area contributed by atoms with Gasteiger partial charge in [0, 0.05) is 24.5 Å². The summed E-state index contributed by atoms with van der Waals surface area (Å²) in [5, 5.41) is 16.7. The number of rotatable bonds is 6. The molecule has 3 aromatic rings. The fourth-order valence-corrected chi connectivity index (χ4v) is 4.64. The molecule has 2 aromatic carbocycles. The highest BCUT2D eigenvalue weighted by Gasteiger charge is 2.28. The molecule has 1 aromatic heterocycles. The lowest BCUT2D eigenvalue weighted by atomic mass is 10.2. The van der Waals surface area contributed by atoms with E-state index in [1.54, 1.807) is 6.92 Å². The minimum Gasteiger partial charge on any atom is -0.455 e. The lowest BCUT2D eigenvalue weighted by Crippen LogP contribution is -2.40. The Bertz CT molecular complexity index is 1230. The van der Waals surface area contributed by atoms with Gasteiger partial charge < -0.3 is 9.15 Å². The third-order valence-corrected chi connectivity index (χ3v) is 6.79. The number of hydrogen-bond donors (Lipinski definition) is 1. The molecule has 1 aliphatic rings. The third kappa shape index (κ3) is 4.29. The summed E-state index contributed by atoms with van der Waals surface area (Å²) in [6, 6.07) is 13.0. The van der Waals surface area contributed by atoms with Gasteiger partial charge in [-0.05, 0) is 31.2 Å². The number of anilines is 1. The number of furan rings is 1. The molecule has 0 bridgehead atoms. The lowest BCUT2D eigenvalue weighted by molar-refractivity contribution is -0.384. The maximum atomic E-state index is 12.8.